The molecule has 0 aliphatic carbocycles. The van der Waals surface area contributed by atoms with E-state index in [2.05, 4.69) is 100 Å². The Morgan fingerprint density at radius 3 is 2.07 bits per heavy atom. The first kappa shape index (κ1) is 19.7. The van der Waals surface area contributed by atoms with Crippen molar-refractivity contribution in [2.24, 2.45) is 11.8 Å². The number of allylic oxidation sites excluding steroid dienone is 1. The van der Waals surface area contributed by atoms with E-state index in [9.17, 15) is 0 Å². The van der Waals surface area contributed by atoms with E-state index < -0.39 is 0 Å². The maximum atomic E-state index is 2.53. The van der Waals surface area contributed by atoms with E-state index in [0.717, 1.165) is 18.3 Å². The number of nitrogens with zero attached hydrogens (tertiary/aromatic N) is 1. The van der Waals surface area contributed by atoms with Crippen LogP contribution in [0.5, 0.6) is 0 Å². The molecule has 2 unspecified atom stereocenters. The van der Waals surface area contributed by atoms with Crippen LogP contribution in [-0.2, 0) is 11.8 Å². The van der Waals surface area contributed by atoms with Crippen LogP contribution in [0, 0.1) is 11.8 Å². The van der Waals surface area contributed by atoms with Gasteiger partial charge in [-0.3, -0.25) is 0 Å². The van der Waals surface area contributed by atoms with Crippen LogP contribution < -0.4 is 0 Å². The zero-order valence-electron chi connectivity index (χ0n) is 17.7. The lowest BCUT2D eigenvalue weighted by Crippen LogP contribution is -2.35. The van der Waals surface area contributed by atoms with Crippen molar-refractivity contribution >= 4 is 0 Å². The van der Waals surface area contributed by atoms with Crippen LogP contribution >= 0.6 is 0 Å². The number of rotatable bonds is 5. The number of benzene rings is 2. The number of hydrogen-bond acceptors (Lipinski definition) is 1. The first-order valence-electron chi connectivity index (χ1n) is 10.4. The Bertz CT molecular complexity index is 745. The average Bonchev–Trinajstić information content (AvgIpc) is 2.62. The predicted molar refractivity (Wildman–Crippen MR) is 117 cm³/mol. The normalized spacial score (nSPS) is 21.4. The van der Waals surface area contributed by atoms with Gasteiger partial charge < -0.3 is 4.90 Å². The molecule has 0 amide bonds. The summed E-state index contributed by atoms with van der Waals surface area (Å²) in [5, 5.41) is 0. The van der Waals surface area contributed by atoms with Crippen molar-refractivity contribution in [3.8, 4) is 0 Å². The van der Waals surface area contributed by atoms with Gasteiger partial charge in [0, 0.05) is 18.5 Å². The molecule has 2 aromatic carbocycles. The number of likely N-dealkylation sites (tertiary alicyclic amines) is 1. The fourth-order valence-corrected chi connectivity index (χ4v) is 4.56. The first-order valence-corrected chi connectivity index (χ1v) is 10.4. The SMILES string of the molecule is C/C(=C\N1CC(C)CC(C)C1)Cc1ccc(C(C)(C)c2ccccc2)cc1. The van der Waals surface area contributed by atoms with Gasteiger partial charge in [0.05, 0.1) is 0 Å². The Morgan fingerprint density at radius 2 is 1.48 bits per heavy atom. The lowest BCUT2D eigenvalue weighted by molar-refractivity contribution is 0.191. The van der Waals surface area contributed by atoms with Crippen LogP contribution in [0.1, 0.15) is 57.7 Å². The third-order valence-corrected chi connectivity index (χ3v) is 5.95. The van der Waals surface area contributed by atoms with Gasteiger partial charge in [0.1, 0.15) is 0 Å². The molecule has 0 spiro atoms. The van der Waals surface area contributed by atoms with E-state index in [1.54, 1.807) is 0 Å². The third kappa shape index (κ3) is 5.03. The summed E-state index contributed by atoms with van der Waals surface area (Å²) in [4.78, 5) is 2.53. The Hall–Kier alpha value is -2.02. The highest BCUT2D eigenvalue weighted by atomic mass is 15.1. The fraction of sp³-hybridized carbons (Fsp3) is 0.462. The lowest BCUT2D eigenvalue weighted by Gasteiger charge is -2.34. The van der Waals surface area contributed by atoms with E-state index in [0.29, 0.717) is 0 Å². The molecule has 1 heteroatoms. The van der Waals surface area contributed by atoms with Crippen molar-refractivity contribution in [3.05, 3.63) is 83.1 Å². The van der Waals surface area contributed by atoms with Crippen molar-refractivity contribution < 1.29 is 0 Å². The van der Waals surface area contributed by atoms with Crippen LogP contribution in [0.15, 0.2) is 66.4 Å². The first-order chi connectivity index (χ1) is 12.8. The average molecular weight is 362 g/mol. The van der Waals surface area contributed by atoms with Gasteiger partial charge in [-0.1, -0.05) is 87.9 Å². The molecule has 1 nitrogen and oxygen atoms in total. The predicted octanol–water partition coefficient (Wildman–Crippen LogP) is 6.44. The summed E-state index contributed by atoms with van der Waals surface area (Å²) in [5.74, 6) is 1.61. The summed E-state index contributed by atoms with van der Waals surface area (Å²) in [6, 6.07) is 20.0. The molecule has 1 fully saturated rings. The van der Waals surface area contributed by atoms with Crippen molar-refractivity contribution in [2.75, 3.05) is 13.1 Å². The monoisotopic (exact) mass is 361 g/mol. The fourth-order valence-electron chi connectivity index (χ4n) is 4.56. The molecule has 0 bridgehead atoms. The minimum absolute atomic E-state index is 0.0325. The van der Waals surface area contributed by atoms with Gasteiger partial charge in [-0.15, -0.1) is 0 Å². The van der Waals surface area contributed by atoms with Gasteiger partial charge in [-0.05, 0) is 54.5 Å². The molecule has 0 N–H and O–H groups in total. The van der Waals surface area contributed by atoms with E-state index >= 15 is 0 Å². The molecule has 3 rings (SSSR count). The number of piperidine rings is 1. The molecule has 27 heavy (non-hydrogen) atoms. The topological polar surface area (TPSA) is 3.24 Å². The van der Waals surface area contributed by atoms with E-state index in [1.807, 2.05) is 0 Å². The molecule has 0 aromatic heterocycles. The van der Waals surface area contributed by atoms with Gasteiger partial charge >= 0.3 is 0 Å². The molecular formula is C26H35N. The van der Waals surface area contributed by atoms with Gasteiger partial charge in [-0.2, -0.15) is 0 Å². The molecule has 2 aromatic rings. The van der Waals surface area contributed by atoms with Crippen molar-refractivity contribution in [1.29, 1.82) is 0 Å². The van der Waals surface area contributed by atoms with Gasteiger partial charge in [0.2, 0.25) is 0 Å². The minimum Gasteiger partial charge on any atom is -0.377 e. The van der Waals surface area contributed by atoms with Crippen LogP contribution in [0.4, 0.5) is 0 Å². The molecule has 0 saturated carbocycles. The highest BCUT2D eigenvalue weighted by molar-refractivity contribution is 5.39. The Kier molecular flexibility index (Phi) is 6.09. The molecule has 1 heterocycles. The van der Waals surface area contributed by atoms with Gasteiger partial charge in [0.25, 0.3) is 0 Å². The highest BCUT2D eigenvalue weighted by Crippen LogP contribution is 2.31. The summed E-state index contributed by atoms with van der Waals surface area (Å²) in [7, 11) is 0. The standard InChI is InChI=1S/C26H35N/c1-20-15-21(2)18-27(17-20)19-22(3)16-23-11-13-25(14-12-23)26(4,5)24-9-7-6-8-10-24/h6-14,19-21H,15-18H2,1-5H3/b22-19+. The van der Waals surface area contributed by atoms with E-state index in [-0.39, 0.29) is 5.41 Å². The summed E-state index contributed by atoms with van der Waals surface area (Å²) in [6.45, 7) is 14.0. The van der Waals surface area contributed by atoms with Crippen molar-refractivity contribution in [2.45, 2.75) is 52.9 Å². The third-order valence-electron chi connectivity index (χ3n) is 5.95. The van der Waals surface area contributed by atoms with Crippen LogP contribution in [0.2, 0.25) is 0 Å². The second-order valence-electron chi connectivity index (χ2n) is 9.24. The van der Waals surface area contributed by atoms with Crippen LogP contribution in [0.3, 0.4) is 0 Å². The molecule has 1 saturated heterocycles. The summed E-state index contributed by atoms with van der Waals surface area (Å²) >= 11 is 0. The molecular weight excluding hydrogens is 326 g/mol. The Balaban J connectivity index is 1.68. The van der Waals surface area contributed by atoms with E-state index in [4.69, 9.17) is 0 Å². The van der Waals surface area contributed by atoms with Crippen molar-refractivity contribution in [3.63, 3.8) is 0 Å². The zero-order chi connectivity index (χ0) is 19.4. The summed E-state index contributed by atoms with van der Waals surface area (Å²) in [6.07, 6.45) is 4.79. The van der Waals surface area contributed by atoms with Gasteiger partial charge in [-0.25, -0.2) is 0 Å². The van der Waals surface area contributed by atoms with Crippen LogP contribution in [0.25, 0.3) is 0 Å². The molecule has 2 atom stereocenters. The highest BCUT2D eigenvalue weighted by Gasteiger charge is 2.22. The molecule has 1 aliphatic rings. The van der Waals surface area contributed by atoms with E-state index in [1.165, 1.54) is 41.8 Å². The van der Waals surface area contributed by atoms with Gasteiger partial charge in [0.15, 0.2) is 0 Å². The largest absolute Gasteiger partial charge is 0.377 e. The van der Waals surface area contributed by atoms with Crippen molar-refractivity contribution in [1.82, 2.24) is 4.90 Å². The second kappa shape index (κ2) is 8.33. The zero-order valence-corrected chi connectivity index (χ0v) is 17.7. The summed E-state index contributed by atoms with van der Waals surface area (Å²) < 4.78 is 0. The number of hydrogen-bond donors (Lipinski definition) is 0. The smallest absolute Gasteiger partial charge is 0.0198 e. The molecule has 0 radical (unpaired) electrons. The lowest BCUT2D eigenvalue weighted by atomic mass is 9.78. The molecule has 144 valence electrons. The Morgan fingerprint density at radius 1 is 0.926 bits per heavy atom. The molecule has 1 aliphatic heterocycles. The summed E-state index contributed by atoms with van der Waals surface area (Å²) in [5.41, 5.74) is 5.62. The van der Waals surface area contributed by atoms with Crippen LogP contribution in [-0.4, -0.2) is 18.0 Å². The second-order valence-corrected chi connectivity index (χ2v) is 9.24. The maximum Gasteiger partial charge on any atom is 0.0198 e. The Labute approximate surface area is 166 Å². The maximum absolute atomic E-state index is 2.53. The quantitative estimate of drug-likeness (QED) is 0.592. The minimum atomic E-state index is 0.0325.